The zero-order valence-corrected chi connectivity index (χ0v) is 18.4. The third-order valence-electron chi connectivity index (χ3n) is 4.61. The number of aromatic nitrogens is 5. The first-order valence-electron chi connectivity index (χ1n) is 9.85. The molecule has 0 unspecified atom stereocenters. The summed E-state index contributed by atoms with van der Waals surface area (Å²) in [5, 5.41) is 20.2. The Hall–Kier alpha value is -4.25. The molecule has 0 aliphatic carbocycles. The average Bonchev–Trinajstić information content (AvgIpc) is 3.44. The van der Waals surface area contributed by atoms with Gasteiger partial charge in [-0.1, -0.05) is 28.9 Å². The van der Waals surface area contributed by atoms with Crippen molar-refractivity contribution in [3.05, 3.63) is 64.8 Å². The molecule has 0 saturated heterocycles. The topological polar surface area (TPSA) is 146 Å². The molecule has 33 heavy (non-hydrogen) atoms. The van der Waals surface area contributed by atoms with Crippen LogP contribution in [0.5, 0.6) is 5.75 Å². The molecule has 168 valence electrons. The van der Waals surface area contributed by atoms with Gasteiger partial charge in [-0.3, -0.25) is 4.79 Å². The van der Waals surface area contributed by atoms with E-state index in [4.69, 9.17) is 22.1 Å². The van der Waals surface area contributed by atoms with E-state index in [1.165, 1.54) is 4.68 Å². The predicted molar refractivity (Wildman–Crippen MR) is 121 cm³/mol. The van der Waals surface area contributed by atoms with E-state index in [1.54, 1.807) is 55.5 Å². The molecule has 0 aliphatic rings. The molecule has 12 heteroatoms. The second kappa shape index (κ2) is 9.49. The van der Waals surface area contributed by atoms with Gasteiger partial charge in [0.15, 0.2) is 5.69 Å². The molecule has 0 radical (unpaired) electrons. The Labute approximate surface area is 193 Å². The van der Waals surface area contributed by atoms with Gasteiger partial charge < -0.3 is 10.5 Å². The number of nitrogens with one attached hydrogen (secondary N) is 1. The molecule has 0 fully saturated rings. The zero-order valence-electron chi connectivity index (χ0n) is 17.7. The van der Waals surface area contributed by atoms with Crippen molar-refractivity contribution in [2.24, 2.45) is 5.10 Å². The van der Waals surface area contributed by atoms with E-state index in [9.17, 15) is 4.79 Å². The molecule has 1 amide bonds. The Balaban J connectivity index is 1.69. The highest BCUT2D eigenvalue weighted by Crippen LogP contribution is 2.28. The fraction of sp³-hybridized carbons (Fsp3) is 0.143. The predicted octanol–water partition coefficient (Wildman–Crippen LogP) is 3.11. The van der Waals surface area contributed by atoms with Gasteiger partial charge in [-0.25, -0.2) is 10.1 Å². The van der Waals surface area contributed by atoms with Gasteiger partial charge in [-0.15, -0.1) is 5.10 Å². The number of ether oxygens (including phenoxy) is 1. The maximum atomic E-state index is 13.0. The molecule has 2 heterocycles. The lowest BCUT2D eigenvalue weighted by atomic mass is 10.1. The second-order valence-electron chi connectivity index (χ2n) is 6.77. The Morgan fingerprint density at radius 2 is 1.91 bits per heavy atom. The summed E-state index contributed by atoms with van der Waals surface area (Å²) in [6, 6.07) is 14.2. The van der Waals surface area contributed by atoms with Crippen LogP contribution in [-0.4, -0.2) is 43.5 Å². The van der Waals surface area contributed by atoms with Crippen molar-refractivity contribution in [2.45, 2.75) is 13.8 Å². The number of hydrazone groups is 1. The number of anilines is 1. The lowest BCUT2D eigenvalue weighted by molar-refractivity contribution is 0.0950. The third-order valence-corrected chi connectivity index (χ3v) is 4.86. The van der Waals surface area contributed by atoms with E-state index in [0.29, 0.717) is 34.3 Å². The molecule has 0 aliphatic heterocycles. The van der Waals surface area contributed by atoms with Crippen LogP contribution in [0.15, 0.2) is 58.3 Å². The summed E-state index contributed by atoms with van der Waals surface area (Å²) in [7, 11) is 0. The summed E-state index contributed by atoms with van der Waals surface area (Å²) in [5.74, 6) is 0.201. The molecule has 0 saturated carbocycles. The van der Waals surface area contributed by atoms with Crippen molar-refractivity contribution in [1.29, 1.82) is 0 Å². The number of amides is 1. The summed E-state index contributed by atoms with van der Waals surface area (Å²) in [6.45, 7) is 4.18. The summed E-state index contributed by atoms with van der Waals surface area (Å²) < 4.78 is 11.5. The molecular formula is C21H19ClN8O3. The Morgan fingerprint density at radius 3 is 2.55 bits per heavy atom. The van der Waals surface area contributed by atoms with Crippen molar-refractivity contribution in [2.75, 3.05) is 12.3 Å². The zero-order chi connectivity index (χ0) is 23.4. The lowest BCUT2D eigenvalue weighted by Gasteiger charge is -2.08. The van der Waals surface area contributed by atoms with E-state index < -0.39 is 5.91 Å². The Kier molecular flexibility index (Phi) is 6.31. The van der Waals surface area contributed by atoms with E-state index >= 15 is 0 Å². The minimum atomic E-state index is -0.575. The summed E-state index contributed by atoms with van der Waals surface area (Å²) in [6.07, 6.45) is 0. The molecule has 2 aromatic carbocycles. The van der Waals surface area contributed by atoms with Crippen LogP contribution in [0.25, 0.3) is 17.1 Å². The minimum Gasteiger partial charge on any atom is -0.494 e. The number of nitrogens with two attached hydrogens (primary N) is 1. The van der Waals surface area contributed by atoms with E-state index in [-0.39, 0.29) is 17.3 Å². The highest BCUT2D eigenvalue weighted by molar-refractivity contribution is 6.30. The van der Waals surface area contributed by atoms with Crippen LogP contribution in [0.2, 0.25) is 5.02 Å². The molecular weight excluding hydrogens is 448 g/mol. The summed E-state index contributed by atoms with van der Waals surface area (Å²) >= 11 is 5.92. The smallest absolute Gasteiger partial charge is 0.294 e. The monoisotopic (exact) mass is 466 g/mol. The SMILES string of the molecule is CCOc1ccc(-c2c(C(=O)N/N=C(\C)c3ccc(Cl)cc3)nnn2-c2nonc2N)cc1. The average molecular weight is 467 g/mol. The molecule has 0 atom stereocenters. The number of carbonyl (C=O) groups excluding carboxylic acids is 1. The van der Waals surface area contributed by atoms with Gasteiger partial charge in [0.25, 0.3) is 5.91 Å². The fourth-order valence-electron chi connectivity index (χ4n) is 3.00. The number of benzene rings is 2. The Morgan fingerprint density at radius 1 is 1.18 bits per heavy atom. The van der Waals surface area contributed by atoms with Crippen LogP contribution in [0.3, 0.4) is 0 Å². The van der Waals surface area contributed by atoms with Crippen LogP contribution in [0.4, 0.5) is 5.82 Å². The molecule has 11 nitrogen and oxygen atoms in total. The first kappa shape index (κ1) is 22.0. The molecule has 4 rings (SSSR count). The highest BCUT2D eigenvalue weighted by Gasteiger charge is 2.25. The maximum Gasteiger partial charge on any atom is 0.294 e. The second-order valence-corrected chi connectivity index (χ2v) is 7.21. The molecule has 0 spiro atoms. The Bertz CT molecular complexity index is 1300. The molecule has 4 aromatic rings. The number of nitrogens with zero attached hydrogens (tertiary/aromatic N) is 6. The van der Waals surface area contributed by atoms with Crippen LogP contribution >= 0.6 is 11.6 Å². The van der Waals surface area contributed by atoms with Gasteiger partial charge in [0, 0.05) is 10.6 Å². The lowest BCUT2D eigenvalue weighted by Crippen LogP contribution is -2.21. The van der Waals surface area contributed by atoms with Crippen LogP contribution in [-0.2, 0) is 0 Å². The number of carbonyl (C=O) groups is 1. The first-order valence-corrected chi connectivity index (χ1v) is 10.2. The molecule has 2 aromatic heterocycles. The largest absolute Gasteiger partial charge is 0.494 e. The number of rotatable bonds is 7. The number of nitrogen functional groups attached to an aromatic ring is 1. The summed E-state index contributed by atoms with van der Waals surface area (Å²) in [5.41, 5.74) is 10.7. The van der Waals surface area contributed by atoms with Gasteiger partial charge in [0.1, 0.15) is 11.4 Å². The van der Waals surface area contributed by atoms with Crippen molar-refractivity contribution < 1.29 is 14.2 Å². The minimum absolute atomic E-state index is 0.00403. The van der Waals surface area contributed by atoms with Crippen molar-refractivity contribution in [3.63, 3.8) is 0 Å². The van der Waals surface area contributed by atoms with Crippen LogP contribution in [0.1, 0.15) is 29.9 Å². The normalized spacial score (nSPS) is 11.4. The van der Waals surface area contributed by atoms with Gasteiger partial charge in [0.05, 0.1) is 12.3 Å². The highest BCUT2D eigenvalue weighted by atomic mass is 35.5. The van der Waals surface area contributed by atoms with E-state index in [2.05, 4.69) is 35.8 Å². The van der Waals surface area contributed by atoms with Crippen LogP contribution in [0, 0.1) is 0 Å². The quantitative estimate of drug-likeness (QED) is 0.312. The number of hydrogen-bond acceptors (Lipinski definition) is 9. The van der Waals surface area contributed by atoms with Gasteiger partial charge in [0.2, 0.25) is 11.6 Å². The van der Waals surface area contributed by atoms with Gasteiger partial charge >= 0.3 is 0 Å². The number of hydrogen-bond donors (Lipinski definition) is 2. The van der Waals surface area contributed by atoms with E-state index in [0.717, 1.165) is 5.56 Å². The first-order chi connectivity index (χ1) is 16.0. The fourth-order valence-corrected chi connectivity index (χ4v) is 3.12. The maximum absolute atomic E-state index is 13.0. The standard InChI is InChI=1S/C21H19ClN8O3/c1-3-32-16-10-6-14(7-11-16)18-17(25-29-30(18)20-19(23)27-33-28-20)21(31)26-24-12(2)13-4-8-15(22)9-5-13/h4-11H,3H2,1-2H3,(H2,23,27)(H,26,31)/b24-12+. The van der Waals surface area contributed by atoms with Gasteiger partial charge in [-0.2, -0.15) is 9.78 Å². The molecule has 0 bridgehead atoms. The summed E-state index contributed by atoms with van der Waals surface area (Å²) in [4.78, 5) is 13.0. The van der Waals surface area contributed by atoms with Crippen molar-refractivity contribution in [3.8, 4) is 22.8 Å². The van der Waals surface area contributed by atoms with E-state index in [1.807, 2.05) is 6.92 Å². The van der Waals surface area contributed by atoms with Crippen LogP contribution < -0.4 is 15.9 Å². The third kappa shape index (κ3) is 4.67. The van der Waals surface area contributed by atoms with Gasteiger partial charge in [-0.05, 0) is 66.1 Å². The van der Waals surface area contributed by atoms with Crippen molar-refractivity contribution >= 4 is 29.0 Å². The van der Waals surface area contributed by atoms with Crippen molar-refractivity contribution in [1.82, 2.24) is 30.7 Å². The molecule has 3 N–H and O–H groups in total. The number of halogens is 1.